The fourth-order valence-corrected chi connectivity index (χ4v) is 4.43. The van der Waals surface area contributed by atoms with Crippen molar-refractivity contribution in [3.05, 3.63) is 46.0 Å². The largest absolute Gasteiger partial charge is 0.348 e. The number of halogens is 1. The zero-order valence-corrected chi connectivity index (χ0v) is 15.0. The average Bonchev–Trinajstić information content (AvgIpc) is 2.94. The number of H-pyrrole nitrogens is 1. The number of amides is 1. The smallest absolute Gasteiger partial charge is 0.270 e. The van der Waals surface area contributed by atoms with Crippen LogP contribution in [0.5, 0.6) is 0 Å². The van der Waals surface area contributed by atoms with Crippen molar-refractivity contribution >= 4 is 16.8 Å². The van der Waals surface area contributed by atoms with Gasteiger partial charge in [0, 0.05) is 37.1 Å². The number of aromatic nitrogens is 1. The van der Waals surface area contributed by atoms with Crippen LogP contribution in [0.2, 0.25) is 0 Å². The summed E-state index contributed by atoms with van der Waals surface area (Å²) in [4.78, 5) is 32.6. The predicted octanol–water partition coefficient (Wildman–Crippen LogP) is 2.61. The first-order valence-corrected chi connectivity index (χ1v) is 9.41. The Labute approximate surface area is 151 Å². The number of rotatable bonds is 3. The number of carbonyl (C=O) groups excluding carboxylic acids is 1. The van der Waals surface area contributed by atoms with Crippen LogP contribution in [-0.2, 0) is 0 Å². The van der Waals surface area contributed by atoms with Gasteiger partial charge in [0.25, 0.3) is 5.91 Å². The number of benzene rings is 1. The molecule has 0 radical (unpaired) electrons. The number of carbonyl (C=O) groups is 1. The summed E-state index contributed by atoms with van der Waals surface area (Å²) in [6.45, 7) is 5.64. The van der Waals surface area contributed by atoms with E-state index in [2.05, 4.69) is 16.8 Å². The molecular weight excluding hydrogens is 333 g/mol. The van der Waals surface area contributed by atoms with Crippen LogP contribution in [0.25, 0.3) is 10.9 Å². The number of nitrogens with one attached hydrogen (secondary N) is 1. The highest BCUT2D eigenvalue weighted by Gasteiger charge is 2.36. The van der Waals surface area contributed by atoms with Crippen molar-refractivity contribution in [1.82, 2.24) is 14.8 Å². The molecule has 6 heteroatoms. The monoisotopic (exact) mass is 357 g/mol. The summed E-state index contributed by atoms with van der Waals surface area (Å²) in [5, 5.41) is 0.270. The van der Waals surface area contributed by atoms with Gasteiger partial charge in [-0.25, -0.2) is 4.39 Å². The average molecular weight is 357 g/mol. The molecule has 2 atom stereocenters. The van der Waals surface area contributed by atoms with Gasteiger partial charge in [0.2, 0.25) is 0 Å². The Bertz CT molecular complexity index is 894. The normalized spacial score (nSPS) is 23.4. The fraction of sp³-hybridized carbons (Fsp3) is 0.500. The van der Waals surface area contributed by atoms with Gasteiger partial charge in [0.05, 0.1) is 5.52 Å². The van der Waals surface area contributed by atoms with Gasteiger partial charge >= 0.3 is 0 Å². The lowest BCUT2D eigenvalue weighted by Crippen LogP contribution is -2.44. The number of fused-ring (bicyclic) bond motifs is 5. The molecule has 1 N–H and O–H groups in total. The summed E-state index contributed by atoms with van der Waals surface area (Å²) < 4.78 is 14.1. The molecule has 5 rings (SSSR count). The van der Waals surface area contributed by atoms with Crippen molar-refractivity contribution in [2.24, 2.45) is 5.92 Å². The Morgan fingerprint density at radius 1 is 1.27 bits per heavy atom. The van der Waals surface area contributed by atoms with E-state index in [4.69, 9.17) is 0 Å². The van der Waals surface area contributed by atoms with E-state index in [1.54, 1.807) is 6.07 Å². The quantitative estimate of drug-likeness (QED) is 0.919. The van der Waals surface area contributed by atoms with Crippen LogP contribution < -0.4 is 5.43 Å². The molecule has 0 saturated carbocycles. The van der Waals surface area contributed by atoms with Crippen LogP contribution >= 0.6 is 0 Å². The summed E-state index contributed by atoms with van der Waals surface area (Å²) >= 11 is 0. The molecule has 0 aliphatic carbocycles. The first-order chi connectivity index (χ1) is 12.6. The second kappa shape index (κ2) is 6.83. The van der Waals surface area contributed by atoms with Gasteiger partial charge in [0.15, 0.2) is 5.43 Å². The predicted molar refractivity (Wildman–Crippen MR) is 98.8 cm³/mol. The molecule has 26 heavy (non-hydrogen) atoms. The minimum Gasteiger partial charge on any atom is -0.348 e. The summed E-state index contributed by atoms with van der Waals surface area (Å²) in [7, 11) is 0. The standard InChI is InChI=1S/C20H24FN3O2/c1-2-8-23-10-13-6-7-14(23)12-24(11-13)20(26)17-9-18(25)15-4-3-5-16(21)19(15)22-17/h3-5,9,13-14H,2,6-8,10-12H2,1H3,(H,22,25)/t13-,14-/m1/s1. The minimum atomic E-state index is -0.515. The van der Waals surface area contributed by atoms with Crippen molar-refractivity contribution in [2.45, 2.75) is 32.2 Å². The number of piperidine rings is 1. The van der Waals surface area contributed by atoms with E-state index < -0.39 is 5.82 Å². The van der Waals surface area contributed by atoms with Crippen LogP contribution in [-0.4, -0.2) is 52.9 Å². The van der Waals surface area contributed by atoms with E-state index in [0.29, 0.717) is 25.0 Å². The molecular formula is C20H24FN3O2. The molecule has 0 spiro atoms. The van der Waals surface area contributed by atoms with E-state index in [0.717, 1.165) is 32.4 Å². The van der Waals surface area contributed by atoms with Crippen LogP contribution in [0.1, 0.15) is 36.7 Å². The number of para-hydroxylation sites is 1. The molecule has 5 nitrogen and oxygen atoms in total. The van der Waals surface area contributed by atoms with Crippen molar-refractivity contribution in [2.75, 3.05) is 26.2 Å². The Kier molecular flexibility index (Phi) is 4.53. The maximum atomic E-state index is 14.1. The third kappa shape index (κ3) is 3.03. The minimum absolute atomic E-state index is 0.105. The van der Waals surface area contributed by atoms with Gasteiger partial charge < -0.3 is 9.88 Å². The summed E-state index contributed by atoms with van der Waals surface area (Å²) in [5.41, 5.74) is -0.0447. The van der Waals surface area contributed by atoms with E-state index in [1.807, 2.05) is 4.90 Å². The summed E-state index contributed by atoms with van der Waals surface area (Å²) in [5.74, 6) is -0.255. The number of hydrogen-bond donors (Lipinski definition) is 1. The van der Waals surface area contributed by atoms with Crippen LogP contribution in [0, 0.1) is 11.7 Å². The number of hydrogen-bond acceptors (Lipinski definition) is 3. The second-order valence-corrected chi connectivity index (χ2v) is 7.51. The highest BCUT2D eigenvalue weighted by Crippen LogP contribution is 2.28. The lowest BCUT2D eigenvalue weighted by Gasteiger charge is -2.35. The van der Waals surface area contributed by atoms with Gasteiger partial charge in [-0.05, 0) is 43.9 Å². The van der Waals surface area contributed by atoms with Crippen molar-refractivity contribution in [3.8, 4) is 0 Å². The third-order valence-electron chi connectivity index (χ3n) is 5.67. The molecule has 138 valence electrons. The van der Waals surface area contributed by atoms with E-state index in [1.165, 1.54) is 18.2 Å². The topological polar surface area (TPSA) is 56.4 Å². The molecule has 2 bridgehead atoms. The summed E-state index contributed by atoms with van der Waals surface area (Å²) in [6, 6.07) is 6.05. The highest BCUT2D eigenvalue weighted by molar-refractivity contribution is 5.95. The molecule has 3 saturated heterocycles. The molecule has 3 aliphatic rings. The van der Waals surface area contributed by atoms with Gasteiger partial charge in [-0.15, -0.1) is 0 Å². The van der Waals surface area contributed by atoms with Crippen LogP contribution in [0.15, 0.2) is 29.1 Å². The van der Waals surface area contributed by atoms with Gasteiger partial charge in [-0.3, -0.25) is 14.5 Å². The molecule has 1 aromatic carbocycles. The van der Waals surface area contributed by atoms with E-state index in [9.17, 15) is 14.0 Å². The van der Waals surface area contributed by atoms with Gasteiger partial charge in [-0.1, -0.05) is 13.0 Å². The third-order valence-corrected chi connectivity index (χ3v) is 5.67. The Morgan fingerprint density at radius 2 is 2.12 bits per heavy atom. The number of aromatic amines is 1. The fourth-order valence-electron chi connectivity index (χ4n) is 4.43. The molecule has 3 fully saturated rings. The maximum Gasteiger partial charge on any atom is 0.270 e. The summed E-state index contributed by atoms with van der Waals surface area (Å²) in [6.07, 6.45) is 3.35. The van der Waals surface area contributed by atoms with Crippen LogP contribution in [0.4, 0.5) is 4.39 Å². The van der Waals surface area contributed by atoms with Gasteiger partial charge in [0.1, 0.15) is 11.5 Å². The zero-order valence-electron chi connectivity index (χ0n) is 15.0. The lowest BCUT2D eigenvalue weighted by atomic mass is 9.95. The number of pyridine rings is 1. The van der Waals surface area contributed by atoms with Crippen LogP contribution in [0.3, 0.4) is 0 Å². The lowest BCUT2D eigenvalue weighted by molar-refractivity contribution is 0.0732. The molecule has 3 aliphatic heterocycles. The SMILES string of the molecule is CCCN1C[C@H]2CC[C@@H]1CN(C(=O)c1cc(=O)c3cccc(F)c3[nH]1)C2. The van der Waals surface area contributed by atoms with Crippen molar-refractivity contribution < 1.29 is 9.18 Å². The molecule has 0 unspecified atom stereocenters. The van der Waals surface area contributed by atoms with E-state index >= 15 is 0 Å². The zero-order chi connectivity index (χ0) is 18.3. The molecule has 4 heterocycles. The number of nitrogens with zero attached hydrogens (tertiary/aromatic N) is 2. The second-order valence-electron chi connectivity index (χ2n) is 7.51. The molecule has 1 aromatic heterocycles. The molecule has 1 amide bonds. The first-order valence-electron chi connectivity index (χ1n) is 9.41. The Hall–Kier alpha value is -2.21. The molecule has 2 aromatic rings. The first kappa shape index (κ1) is 17.2. The van der Waals surface area contributed by atoms with Crippen molar-refractivity contribution in [1.29, 1.82) is 0 Å². The van der Waals surface area contributed by atoms with Gasteiger partial charge in [-0.2, -0.15) is 0 Å². The van der Waals surface area contributed by atoms with E-state index in [-0.39, 0.29) is 27.9 Å². The van der Waals surface area contributed by atoms with Crippen molar-refractivity contribution in [3.63, 3.8) is 0 Å². The Balaban J connectivity index is 1.65. The highest BCUT2D eigenvalue weighted by atomic mass is 19.1. The Morgan fingerprint density at radius 3 is 2.92 bits per heavy atom. The maximum absolute atomic E-state index is 14.1.